The molecule has 2 heterocycles. The second-order valence-electron chi connectivity index (χ2n) is 8.07. The highest BCUT2D eigenvalue weighted by atomic mass is 16.4. The van der Waals surface area contributed by atoms with Gasteiger partial charge in [0.15, 0.2) is 0 Å². The molecule has 2 amide bonds. The van der Waals surface area contributed by atoms with Gasteiger partial charge in [-0.05, 0) is 36.8 Å². The lowest BCUT2D eigenvalue weighted by atomic mass is 9.98. The van der Waals surface area contributed by atoms with E-state index in [4.69, 9.17) is 5.73 Å². The van der Waals surface area contributed by atoms with Crippen LogP contribution in [0.4, 0.5) is 0 Å². The summed E-state index contributed by atoms with van der Waals surface area (Å²) >= 11 is 0. The summed E-state index contributed by atoms with van der Waals surface area (Å²) in [5, 5.41) is 13.1. The molecule has 1 aliphatic heterocycles. The number of fused-ring (bicyclic) bond motifs is 1. The maximum absolute atomic E-state index is 13.0. The van der Waals surface area contributed by atoms with Gasteiger partial charge in [0.2, 0.25) is 11.8 Å². The van der Waals surface area contributed by atoms with E-state index in [2.05, 4.69) is 10.3 Å². The first-order chi connectivity index (χ1) is 14.3. The second kappa shape index (κ2) is 9.30. The van der Waals surface area contributed by atoms with E-state index in [-0.39, 0.29) is 11.8 Å². The number of carboxylic acids is 1. The van der Waals surface area contributed by atoms with Crippen molar-refractivity contribution in [3.8, 4) is 0 Å². The number of aromatic nitrogens is 1. The van der Waals surface area contributed by atoms with Gasteiger partial charge in [0, 0.05) is 23.6 Å². The fourth-order valence-corrected chi connectivity index (χ4v) is 4.07. The van der Waals surface area contributed by atoms with Crippen LogP contribution in [0.15, 0.2) is 30.5 Å². The standard InChI is InChI=1S/C22H30N4O4/c1-3-13(2)19(22(29)30)25-20(27)18-9-6-10-26(18)21(28)16(23)11-14-12-24-17-8-5-4-7-15(14)17/h4-5,7-8,12-13,16,18-19,24H,3,6,9-11,23H2,1-2H3,(H,25,27)(H,29,30)/t13-,16-,18-,19-/m0/s1. The summed E-state index contributed by atoms with van der Waals surface area (Å²) in [6.07, 6.45) is 4.03. The molecule has 0 radical (unpaired) electrons. The Labute approximate surface area is 175 Å². The molecule has 5 N–H and O–H groups in total. The third-order valence-electron chi connectivity index (χ3n) is 6.05. The van der Waals surface area contributed by atoms with Crippen molar-refractivity contribution < 1.29 is 19.5 Å². The fourth-order valence-electron chi connectivity index (χ4n) is 4.07. The van der Waals surface area contributed by atoms with Crippen molar-refractivity contribution in [1.82, 2.24) is 15.2 Å². The Morgan fingerprint density at radius 2 is 2.07 bits per heavy atom. The van der Waals surface area contributed by atoms with Crippen LogP contribution < -0.4 is 11.1 Å². The molecule has 1 fully saturated rings. The molecule has 1 aromatic heterocycles. The number of rotatable bonds is 8. The van der Waals surface area contributed by atoms with E-state index in [0.29, 0.717) is 32.2 Å². The number of likely N-dealkylation sites (tertiary alicyclic amines) is 1. The number of carbonyl (C=O) groups excluding carboxylic acids is 2. The predicted octanol–water partition coefficient (Wildman–Crippen LogP) is 1.64. The number of aromatic amines is 1. The number of nitrogens with two attached hydrogens (primary N) is 1. The van der Waals surface area contributed by atoms with Gasteiger partial charge in [-0.15, -0.1) is 0 Å². The third-order valence-corrected chi connectivity index (χ3v) is 6.05. The van der Waals surface area contributed by atoms with E-state index >= 15 is 0 Å². The average Bonchev–Trinajstić information content (AvgIpc) is 3.38. The van der Waals surface area contributed by atoms with E-state index in [1.165, 1.54) is 4.90 Å². The Bertz CT molecular complexity index is 925. The predicted molar refractivity (Wildman–Crippen MR) is 114 cm³/mol. The zero-order valence-corrected chi connectivity index (χ0v) is 17.4. The Morgan fingerprint density at radius 3 is 2.77 bits per heavy atom. The molecule has 1 aromatic carbocycles. The molecule has 0 aliphatic carbocycles. The quantitative estimate of drug-likeness (QED) is 0.522. The van der Waals surface area contributed by atoms with E-state index in [9.17, 15) is 19.5 Å². The molecule has 0 bridgehead atoms. The van der Waals surface area contributed by atoms with Crippen LogP contribution in [-0.2, 0) is 20.8 Å². The lowest BCUT2D eigenvalue weighted by Crippen LogP contribution is -2.55. The van der Waals surface area contributed by atoms with Crippen molar-refractivity contribution in [3.63, 3.8) is 0 Å². The van der Waals surface area contributed by atoms with Crippen LogP contribution in [0.2, 0.25) is 0 Å². The highest BCUT2D eigenvalue weighted by Gasteiger charge is 2.38. The summed E-state index contributed by atoms with van der Waals surface area (Å²) < 4.78 is 0. The zero-order valence-electron chi connectivity index (χ0n) is 17.4. The number of hydrogen-bond donors (Lipinski definition) is 4. The SMILES string of the molecule is CC[C@H](C)[C@H](NC(=O)[C@@H]1CCCN1C(=O)[C@@H](N)Cc1c[nH]c2ccccc12)C(=O)O. The Balaban J connectivity index is 1.68. The minimum atomic E-state index is -1.07. The number of carbonyl (C=O) groups is 3. The molecule has 30 heavy (non-hydrogen) atoms. The van der Waals surface area contributed by atoms with E-state index < -0.39 is 30.0 Å². The monoisotopic (exact) mass is 414 g/mol. The Kier molecular flexibility index (Phi) is 6.77. The van der Waals surface area contributed by atoms with Gasteiger partial charge in [-0.3, -0.25) is 9.59 Å². The Morgan fingerprint density at radius 1 is 1.33 bits per heavy atom. The smallest absolute Gasteiger partial charge is 0.326 e. The maximum atomic E-state index is 13.0. The van der Waals surface area contributed by atoms with Crippen molar-refractivity contribution >= 4 is 28.7 Å². The van der Waals surface area contributed by atoms with Crippen LogP contribution in [0.5, 0.6) is 0 Å². The minimum Gasteiger partial charge on any atom is -0.480 e. The van der Waals surface area contributed by atoms with Crippen LogP contribution in [0.25, 0.3) is 10.9 Å². The molecular weight excluding hydrogens is 384 g/mol. The highest BCUT2D eigenvalue weighted by Crippen LogP contribution is 2.22. The number of hydrogen-bond acceptors (Lipinski definition) is 4. The van der Waals surface area contributed by atoms with Crippen LogP contribution in [0, 0.1) is 5.92 Å². The van der Waals surface area contributed by atoms with Gasteiger partial charge in [0.05, 0.1) is 6.04 Å². The highest BCUT2D eigenvalue weighted by molar-refractivity contribution is 5.93. The number of nitrogens with zero attached hydrogens (tertiary/aromatic N) is 1. The van der Waals surface area contributed by atoms with E-state index in [0.717, 1.165) is 16.5 Å². The molecule has 0 saturated carbocycles. The fraction of sp³-hybridized carbons (Fsp3) is 0.500. The van der Waals surface area contributed by atoms with Crippen LogP contribution >= 0.6 is 0 Å². The van der Waals surface area contributed by atoms with Crippen LogP contribution in [0.3, 0.4) is 0 Å². The van der Waals surface area contributed by atoms with Gasteiger partial charge in [-0.2, -0.15) is 0 Å². The summed E-state index contributed by atoms with van der Waals surface area (Å²) in [5.41, 5.74) is 8.16. The first-order valence-electron chi connectivity index (χ1n) is 10.5. The number of para-hydroxylation sites is 1. The number of amides is 2. The van der Waals surface area contributed by atoms with Gasteiger partial charge in [0.1, 0.15) is 12.1 Å². The molecule has 2 aromatic rings. The molecule has 162 valence electrons. The first-order valence-corrected chi connectivity index (χ1v) is 10.5. The molecule has 3 rings (SSSR count). The number of aliphatic carboxylic acids is 1. The summed E-state index contributed by atoms with van der Waals surface area (Å²) in [6.45, 7) is 4.11. The summed E-state index contributed by atoms with van der Waals surface area (Å²) in [6, 6.07) is 5.38. The molecule has 1 saturated heterocycles. The number of nitrogens with one attached hydrogen (secondary N) is 2. The van der Waals surface area contributed by atoms with E-state index in [1.807, 2.05) is 37.4 Å². The maximum Gasteiger partial charge on any atom is 0.326 e. The summed E-state index contributed by atoms with van der Waals surface area (Å²) in [7, 11) is 0. The zero-order chi connectivity index (χ0) is 21.8. The normalized spacial score (nSPS) is 19.4. The van der Waals surface area contributed by atoms with E-state index in [1.54, 1.807) is 6.92 Å². The summed E-state index contributed by atoms with van der Waals surface area (Å²) in [5.74, 6) is -1.98. The van der Waals surface area contributed by atoms with Gasteiger partial charge >= 0.3 is 5.97 Å². The molecule has 4 atom stereocenters. The van der Waals surface area contributed by atoms with Gasteiger partial charge in [-0.25, -0.2) is 4.79 Å². The molecule has 8 heteroatoms. The largest absolute Gasteiger partial charge is 0.480 e. The molecule has 0 unspecified atom stereocenters. The topological polar surface area (TPSA) is 129 Å². The van der Waals surface area contributed by atoms with Crippen molar-refractivity contribution in [3.05, 3.63) is 36.0 Å². The average molecular weight is 415 g/mol. The van der Waals surface area contributed by atoms with Gasteiger partial charge < -0.3 is 26.0 Å². The third kappa shape index (κ3) is 4.48. The van der Waals surface area contributed by atoms with Gasteiger partial charge in [0.25, 0.3) is 0 Å². The Hall–Kier alpha value is -2.87. The molecule has 1 aliphatic rings. The van der Waals surface area contributed by atoms with Crippen molar-refractivity contribution in [2.75, 3.05) is 6.54 Å². The summed E-state index contributed by atoms with van der Waals surface area (Å²) in [4.78, 5) is 42.0. The minimum absolute atomic E-state index is 0.207. The van der Waals surface area contributed by atoms with Crippen LogP contribution in [-0.4, -0.2) is 57.4 Å². The molecular formula is C22H30N4O4. The molecule has 8 nitrogen and oxygen atoms in total. The lowest BCUT2D eigenvalue weighted by Gasteiger charge is -2.28. The second-order valence-corrected chi connectivity index (χ2v) is 8.07. The van der Waals surface area contributed by atoms with Crippen LogP contribution in [0.1, 0.15) is 38.7 Å². The van der Waals surface area contributed by atoms with Gasteiger partial charge in [-0.1, -0.05) is 38.5 Å². The number of benzene rings is 1. The van der Waals surface area contributed by atoms with Crippen molar-refractivity contribution in [2.24, 2.45) is 11.7 Å². The number of carboxylic acid groups (broad SMARTS) is 1. The van der Waals surface area contributed by atoms with Crippen molar-refractivity contribution in [2.45, 2.75) is 57.7 Å². The van der Waals surface area contributed by atoms with Crippen molar-refractivity contribution in [1.29, 1.82) is 0 Å². The first kappa shape index (κ1) is 21.8. The molecule has 0 spiro atoms. The lowest BCUT2D eigenvalue weighted by molar-refractivity contribution is -0.145. The number of H-pyrrole nitrogens is 1.